The molecule has 2 amide bonds. The Labute approximate surface area is 157 Å². The van der Waals surface area contributed by atoms with Crippen LogP contribution in [-0.2, 0) is 9.53 Å². The fourth-order valence-electron chi connectivity index (χ4n) is 2.87. The van der Waals surface area contributed by atoms with Crippen LogP contribution >= 0.6 is 12.4 Å². The van der Waals surface area contributed by atoms with Gasteiger partial charge in [-0.25, -0.2) is 0 Å². The predicted molar refractivity (Wildman–Crippen MR) is 101 cm³/mol. The zero-order chi connectivity index (χ0) is 17.7. The first-order valence-electron chi connectivity index (χ1n) is 8.14. The Morgan fingerprint density at radius 3 is 2.46 bits per heavy atom. The van der Waals surface area contributed by atoms with Crippen molar-refractivity contribution in [2.24, 2.45) is 0 Å². The molecule has 2 aromatic rings. The molecule has 1 saturated heterocycles. The Morgan fingerprint density at radius 2 is 1.85 bits per heavy atom. The van der Waals surface area contributed by atoms with Crippen molar-refractivity contribution in [1.29, 1.82) is 0 Å². The van der Waals surface area contributed by atoms with E-state index in [0.717, 1.165) is 13.1 Å². The van der Waals surface area contributed by atoms with E-state index in [0.29, 0.717) is 29.8 Å². The van der Waals surface area contributed by atoms with Crippen molar-refractivity contribution in [3.63, 3.8) is 0 Å². The Hall–Kier alpha value is -2.35. The van der Waals surface area contributed by atoms with Gasteiger partial charge < -0.3 is 25.1 Å². The third-order valence-corrected chi connectivity index (χ3v) is 4.38. The van der Waals surface area contributed by atoms with Gasteiger partial charge in [0.2, 0.25) is 0 Å². The summed E-state index contributed by atoms with van der Waals surface area (Å²) in [6.45, 7) is 1.48. The molecule has 0 aliphatic carbocycles. The molecule has 0 spiro atoms. The summed E-state index contributed by atoms with van der Waals surface area (Å²) >= 11 is 0. The number of ether oxygens (including phenoxy) is 1. The van der Waals surface area contributed by atoms with Crippen molar-refractivity contribution in [3.05, 3.63) is 48.4 Å². The van der Waals surface area contributed by atoms with Crippen LogP contribution in [0.3, 0.4) is 0 Å². The van der Waals surface area contributed by atoms with Crippen LogP contribution in [0, 0.1) is 0 Å². The quantitative estimate of drug-likeness (QED) is 0.742. The van der Waals surface area contributed by atoms with Crippen molar-refractivity contribution in [2.45, 2.75) is 18.4 Å². The fraction of sp³-hybridized carbons (Fsp3) is 0.333. The second-order valence-corrected chi connectivity index (χ2v) is 5.95. The van der Waals surface area contributed by atoms with Crippen molar-refractivity contribution in [2.75, 3.05) is 30.8 Å². The molecular formula is C18H22ClN3O4. The highest BCUT2D eigenvalue weighted by Gasteiger charge is 2.39. The Balaban J connectivity index is 0.00000243. The van der Waals surface area contributed by atoms with E-state index in [2.05, 4.69) is 16.0 Å². The smallest absolute Gasteiger partial charge is 0.258 e. The van der Waals surface area contributed by atoms with Gasteiger partial charge in [-0.15, -0.1) is 12.4 Å². The third-order valence-electron chi connectivity index (χ3n) is 4.38. The Kier molecular flexibility index (Phi) is 6.79. The van der Waals surface area contributed by atoms with Crippen molar-refractivity contribution in [3.8, 4) is 0 Å². The SMILES string of the molecule is COC1(C(=O)Nc2cccc(NC(=O)c3ccoc3)c2)CCNCC1.Cl. The maximum absolute atomic E-state index is 12.7. The zero-order valence-electron chi connectivity index (χ0n) is 14.4. The number of amides is 2. The highest BCUT2D eigenvalue weighted by atomic mass is 35.5. The van der Waals surface area contributed by atoms with Crippen LogP contribution in [0.25, 0.3) is 0 Å². The number of nitrogens with one attached hydrogen (secondary N) is 3. The molecule has 3 N–H and O–H groups in total. The van der Waals surface area contributed by atoms with E-state index in [1.165, 1.54) is 12.5 Å². The molecule has 140 valence electrons. The third kappa shape index (κ3) is 4.43. The van der Waals surface area contributed by atoms with E-state index < -0.39 is 5.60 Å². The zero-order valence-corrected chi connectivity index (χ0v) is 15.2. The second kappa shape index (κ2) is 8.84. The number of carbonyl (C=O) groups is 2. The number of hydrogen-bond acceptors (Lipinski definition) is 5. The van der Waals surface area contributed by atoms with Gasteiger partial charge in [0.15, 0.2) is 0 Å². The van der Waals surface area contributed by atoms with Gasteiger partial charge in [0, 0.05) is 18.5 Å². The molecule has 0 saturated carbocycles. The molecule has 3 rings (SSSR count). The van der Waals surface area contributed by atoms with Crippen molar-refractivity contribution < 1.29 is 18.7 Å². The molecule has 8 heteroatoms. The first-order chi connectivity index (χ1) is 12.1. The molecule has 1 aromatic heterocycles. The van der Waals surface area contributed by atoms with Gasteiger partial charge in [0.1, 0.15) is 11.9 Å². The van der Waals surface area contributed by atoms with E-state index in [9.17, 15) is 9.59 Å². The minimum absolute atomic E-state index is 0. The summed E-state index contributed by atoms with van der Waals surface area (Å²) in [7, 11) is 1.56. The minimum atomic E-state index is -0.818. The van der Waals surface area contributed by atoms with Crippen molar-refractivity contribution in [1.82, 2.24) is 5.32 Å². The second-order valence-electron chi connectivity index (χ2n) is 5.95. The van der Waals surface area contributed by atoms with Gasteiger partial charge in [-0.05, 0) is 50.2 Å². The molecule has 1 aliphatic rings. The summed E-state index contributed by atoms with van der Waals surface area (Å²) in [5.74, 6) is -0.446. The summed E-state index contributed by atoms with van der Waals surface area (Å²) in [6, 6.07) is 8.59. The van der Waals surface area contributed by atoms with Crippen LogP contribution in [0.1, 0.15) is 23.2 Å². The summed E-state index contributed by atoms with van der Waals surface area (Å²) in [4.78, 5) is 24.7. The molecule has 0 unspecified atom stereocenters. The molecule has 26 heavy (non-hydrogen) atoms. The topological polar surface area (TPSA) is 92.6 Å². The van der Waals surface area contributed by atoms with Gasteiger partial charge in [-0.2, -0.15) is 0 Å². The Bertz CT molecular complexity index is 743. The maximum atomic E-state index is 12.7. The number of halogens is 1. The molecule has 1 aliphatic heterocycles. The first-order valence-corrected chi connectivity index (χ1v) is 8.14. The molecule has 1 fully saturated rings. The van der Waals surface area contributed by atoms with Crippen LogP contribution in [0.15, 0.2) is 47.3 Å². The van der Waals surface area contributed by atoms with E-state index in [1.807, 2.05) is 0 Å². The number of anilines is 2. The number of carbonyl (C=O) groups excluding carboxylic acids is 2. The summed E-state index contributed by atoms with van der Waals surface area (Å²) in [5.41, 5.74) is 0.801. The molecule has 1 aromatic carbocycles. The average molecular weight is 380 g/mol. The number of benzene rings is 1. The number of furan rings is 1. The number of hydrogen-bond donors (Lipinski definition) is 3. The monoisotopic (exact) mass is 379 g/mol. The molecule has 7 nitrogen and oxygen atoms in total. The molecule has 2 heterocycles. The maximum Gasteiger partial charge on any atom is 0.258 e. The molecule has 0 bridgehead atoms. The molecule has 0 atom stereocenters. The number of methoxy groups -OCH3 is 1. The van der Waals surface area contributed by atoms with Crippen molar-refractivity contribution >= 4 is 35.6 Å². The summed E-state index contributed by atoms with van der Waals surface area (Å²) in [6.07, 6.45) is 4.05. The van der Waals surface area contributed by atoms with Gasteiger partial charge in [-0.1, -0.05) is 6.07 Å². The van der Waals surface area contributed by atoms with Crippen LogP contribution < -0.4 is 16.0 Å². The van der Waals surface area contributed by atoms with Crippen LogP contribution in [-0.4, -0.2) is 37.6 Å². The van der Waals surface area contributed by atoms with Gasteiger partial charge in [-0.3, -0.25) is 9.59 Å². The van der Waals surface area contributed by atoms with Crippen LogP contribution in [0.4, 0.5) is 11.4 Å². The highest BCUT2D eigenvalue weighted by Crippen LogP contribution is 2.25. The van der Waals surface area contributed by atoms with Gasteiger partial charge in [0.25, 0.3) is 11.8 Å². The Morgan fingerprint density at radius 1 is 1.15 bits per heavy atom. The minimum Gasteiger partial charge on any atom is -0.472 e. The van der Waals surface area contributed by atoms with E-state index >= 15 is 0 Å². The van der Waals surface area contributed by atoms with Crippen LogP contribution in [0.5, 0.6) is 0 Å². The highest BCUT2D eigenvalue weighted by molar-refractivity contribution is 6.04. The molecule has 0 radical (unpaired) electrons. The predicted octanol–water partition coefficient (Wildman–Crippen LogP) is 2.66. The summed E-state index contributed by atoms with van der Waals surface area (Å²) in [5, 5.41) is 8.88. The number of rotatable bonds is 5. The lowest BCUT2D eigenvalue weighted by Crippen LogP contribution is -2.51. The standard InChI is InChI=1S/C18H21N3O4.ClH/c1-24-18(6-8-19-9-7-18)17(23)21-15-4-2-3-14(11-15)20-16(22)13-5-10-25-12-13;/h2-5,10-12,19H,6-9H2,1H3,(H,20,22)(H,21,23);1H. The van der Waals surface area contributed by atoms with E-state index in [-0.39, 0.29) is 24.2 Å². The van der Waals surface area contributed by atoms with E-state index in [4.69, 9.17) is 9.15 Å². The lowest BCUT2D eigenvalue weighted by atomic mass is 9.91. The number of piperidine rings is 1. The van der Waals surface area contributed by atoms with E-state index in [1.54, 1.807) is 37.4 Å². The molecular weight excluding hydrogens is 358 g/mol. The summed E-state index contributed by atoms with van der Waals surface area (Å²) < 4.78 is 10.4. The van der Waals surface area contributed by atoms with Gasteiger partial charge in [0.05, 0.1) is 11.8 Å². The normalized spacial score (nSPS) is 15.6. The lowest BCUT2D eigenvalue weighted by molar-refractivity contribution is -0.140. The largest absolute Gasteiger partial charge is 0.472 e. The van der Waals surface area contributed by atoms with Gasteiger partial charge >= 0.3 is 0 Å². The van der Waals surface area contributed by atoms with Crippen LogP contribution in [0.2, 0.25) is 0 Å². The average Bonchev–Trinajstić information content (AvgIpc) is 3.17. The fourth-order valence-corrected chi connectivity index (χ4v) is 2.87. The first kappa shape index (κ1) is 20.0. The lowest BCUT2D eigenvalue weighted by Gasteiger charge is -2.34.